The first-order chi connectivity index (χ1) is 9.01. The molecule has 112 valence electrons. The average molecular weight is 272 g/mol. The highest BCUT2D eigenvalue weighted by molar-refractivity contribution is 5.75. The van der Waals surface area contributed by atoms with Gasteiger partial charge in [-0.1, -0.05) is 13.3 Å². The van der Waals surface area contributed by atoms with Gasteiger partial charge in [-0.05, 0) is 32.2 Å². The van der Waals surface area contributed by atoms with Crippen molar-refractivity contribution in [2.75, 3.05) is 19.7 Å². The van der Waals surface area contributed by atoms with Gasteiger partial charge in [-0.2, -0.15) is 0 Å². The maximum atomic E-state index is 11.8. The summed E-state index contributed by atoms with van der Waals surface area (Å²) in [7, 11) is 0. The third kappa shape index (κ3) is 5.09. The minimum Gasteiger partial charge on any atom is -0.385 e. The van der Waals surface area contributed by atoms with Crippen molar-refractivity contribution in [1.82, 2.24) is 5.32 Å². The van der Waals surface area contributed by atoms with E-state index in [9.17, 15) is 9.90 Å². The Morgan fingerprint density at radius 2 is 2.32 bits per heavy atom. The quantitative estimate of drug-likeness (QED) is 0.610. The zero-order chi connectivity index (χ0) is 14.3. The summed E-state index contributed by atoms with van der Waals surface area (Å²) in [5.41, 5.74) is 4.63. The van der Waals surface area contributed by atoms with Gasteiger partial charge in [-0.15, -0.1) is 0 Å². The summed E-state index contributed by atoms with van der Waals surface area (Å²) in [5, 5.41) is 13.1. The molecule has 1 saturated heterocycles. The number of aliphatic hydroxyl groups is 1. The van der Waals surface area contributed by atoms with Crippen LogP contribution in [0.25, 0.3) is 0 Å². The second-order valence-corrected chi connectivity index (χ2v) is 5.53. The molecule has 0 aromatic carbocycles. The van der Waals surface area contributed by atoms with Crippen molar-refractivity contribution in [3.8, 4) is 0 Å². The van der Waals surface area contributed by atoms with Crippen LogP contribution in [-0.4, -0.2) is 42.4 Å². The molecule has 19 heavy (non-hydrogen) atoms. The van der Waals surface area contributed by atoms with Crippen molar-refractivity contribution in [3.63, 3.8) is 0 Å². The van der Waals surface area contributed by atoms with Crippen molar-refractivity contribution in [2.24, 2.45) is 11.7 Å². The van der Waals surface area contributed by atoms with E-state index in [1.54, 1.807) is 0 Å². The molecule has 0 saturated carbocycles. The van der Waals surface area contributed by atoms with Crippen LogP contribution < -0.4 is 11.1 Å². The minimum atomic E-state index is -0.906. The van der Waals surface area contributed by atoms with E-state index in [-0.39, 0.29) is 18.6 Å². The number of amides is 1. The number of nitrogens with two attached hydrogens (primary N) is 1. The first-order valence-corrected chi connectivity index (χ1v) is 7.32. The van der Waals surface area contributed by atoms with Gasteiger partial charge in [0, 0.05) is 26.0 Å². The first-order valence-electron chi connectivity index (χ1n) is 7.32. The molecule has 5 heteroatoms. The fourth-order valence-corrected chi connectivity index (χ4v) is 2.47. The summed E-state index contributed by atoms with van der Waals surface area (Å²) in [6.07, 6.45) is 3.76. The normalized spacial score (nSPS) is 28.3. The maximum absolute atomic E-state index is 11.8. The molecule has 1 rings (SSSR count). The molecular formula is C14H28N2O3. The molecule has 1 aliphatic rings. The zero-order valence-corrected chi connectivity index (χ0v) is 12.2. The lowest BCUT2D eigenvalue weighted by Gasteiger charge is -2.26. The standard InChI is InChI=1S/C14H28N2O3/c1-3-12(6-8-15)4-5-13(17)16-10-14(18)7-9-19-11(14)2/h11-12,18H,3-10,15H2,1-2H3,(H,16,17). The summed E-state index contributed by atoms with van der Waals surface area (Å²) in [5.74, 6) is 0.524. The molecule has 1 aliphatic heterocycles. The Morgan fingerprint density at radius 3 is 2.84 bits per heavy atom. The van der Waals surface area contributed by atoms with Gasteiger partial charge in [0.1, 0.15) is 5.60 Å². The van der Waals surface area contributed by atoms with E-state index in [1.807, 2.05) is 6.92 Å². The second-order valence-electron chi connectivity index (χ2n) is 5.53. The van der Waals surface area contributed by atoms with Crippen LogP contribution in [0.4, 0.5) is 0 Å². The summed E-state index contributed by atoms with van der Waals surface area (Å²) >= 11 is 0. The lowest BCUT2D eigenvalue weighted by molar-refractivity contribution is -0.123. The van der Waals surface area contributed by atoms with E-state index in [0.29, 0.717) is 31.9 Å². The van der Waals surface area contributed by atoms with Gasteiger partial charge in [-0.25, -0.2) is 0 Å². The smallest absolute Gasteiger partial charge is 0.220 e. The number of ether oxygens (including phenoxy) is 1. The van der Waals surface area contributed by atoms with Gasteiger partial charge in [-0.3, -0.25) is 4.79 Å². The van der Waals surface area contributed by atoms with E-state index in [0.717, 1.165) is 19.3 Å². The Labute approximate surface area is 115 Å². The third-order valence-electron chi connectivity index (χ3n) is 4.18. The van der Waals surface area contributed by atoms with Crippen LogP contribution in [0.1, 0.15) is 46.0 Å². The molecule has 0 aromatic heterocycles. The summed E-state index contributed by atoms with van der Waals surface area (Å²) in [6, 6.07) is 0. The van der Waals surface area contributed by atoms with Crippen LogP contribution in [0.5, 0.6) is 0 Å². The SMILES string of the molecule is CCC(CCN)CCC(=O)NCC1(O)CCOC1C. The molecule has 1 fully saturated rings. The highest BCUT2D eigenvalue weighted by atomic mass is 16.5. The summed E-state index contributed by atoms with van der Waals surface area (Å²) in [6.45, 7) is 5.48. The van der Waals surface area contributed by atoms with Gasteiger partial charge in [0.15, 0.2) is 0 Å². The predicted molar refractivity (Wildman–Crippen MR) is 74.7 cm³/mol. The van der Waals surface area contributed by atoms with E-state index in [4.69, 9.17) is 10.5 Å². The van der Waals surface area contributed by atoms with E-state index < -0.39 is 5.60 Å². The molecule has 0 aromatic rings. The molecule has 3 unspecified atom stereocenters. The maximum Gasteiger partial charge on any atom is 0.220 e. The van der Waals surface area contributed by atoms with Crippen molar-refractivity contribution < 1.29 is 14.6 Å². The van der Waals surface area contributed by atoms with Crippen LogP contribution >= 0.6 is 0 Å². The van der Waals surface area contributed by atoms with Crippen LogP contribution in [0.3, 0.4) is 0 Å². The Bertz CT molecular complexity index is 286. The highest BCUT2D eigenvalue weighted by Gasteiger charge is 2.39. The summed E-state index contributed by atoms with van der Waals surface area (Å²) < 4.78 is 5.33. The minimum absolute atomic E-state index is 0.00277. The molecule has 5 nitrogen and oxygen atoms in total. The molecule has 0 aliphatic carbocycles. The van der Waals surface area contributed by atoms with Crippen LogP contribution in [0.15, 0.2) is 0 Å². The van der Waals surface area contributed by atoms with Crippen molar-refractivity contribution in [3.05, 3.63) is 0 Å². The number of nitrogens with one attached hydrogen (secondary N) is 1. The fourth-order valence-electron chi connectivity index (χ4n) is 2.47. The van der Waals surface area contributed by atoms with Crippen molar-refractivity contribution in [1.29, 1.82) is 0 Å². The average Bonchev–Trinajstić information content (AvgIpc) is 2.73. The Hall–Kier alpha value is -0.650. The number of carbonyl (C=O) groups excluding carboxylic acids is 1. The zero-order valence-electron chi connectivity index (χ0n) is 12.2. The summed E-state index contributed by atoms with van der Waals surface area (Å²) in [4.78, 5) is 11.8. The Kier molecular flexibility index (Phi) is 6.75. The monoisotopic (exact) mass is 272 g/mol. The second kappa shape index (κ2) is 7.82. The first kappa shape index (κ1) is 16.4. The molecule has 4 N–H and O–H groups in total. The highest BCUT2D eigenvalue weighted by Crippen LogP contribution is 2.24. The largest absolute Gasteiger partial charge is 0.385 e. The topological polar surface area (TPSA) is 84.6 Å². The fraction of sp³-hybridized carbons (Fsp3) is 0.929. The van der Waals surface area contributed by atoms with Crippen LogP contribution in [0, 0.1) is 5.92 Å². The molecule has 0 radical (unpaired) electrons. The molecule has 3 atom stereocenters. The van der Waals surface area contributed by atoms with E-state index in [2.05, 4.69) is 12.2 Å². The van der Waals surface area contributed by atoms with Gasteiger partial charge >= 0.3 is 0 Å². The van der Waals surface area contributed by atoms with Crippen LogP contribution in [0.2, 0.25) is 0 Å². The van der Waals surface area contributed by atoms with Gasteiger partial charge in [0.05, 0.1) is 6.10 Å². The van der Waals surface area contributed by atoms with Gasteiger partial charge in [0.2, 0.25) is 5.91 Å². The molecule has 0 spiro atoms. The van der Waals surface area contributed by atoms with Crippen LogP contribution in [-0.2, 0) is 9.53 Å². The van der Waals surface area contributed by atoms with E-state index >= 15 is 0 Å². The van der Waals surface area contributed by atoms with Gasteiger partial charge in [0.25, 0.3) is 0 Å². The molecule has 1 heterocycles. The number of hydrogen-bond donors (Lipinski definition) is 3. The van der Waals surface area contributed by atoms with Gasteiger partial charge < -0.3 is 20.9 Å². The Morgan fingerprint density at radius 1 is 1.58 bits per heavy atom. The number of carbonyl (C=O) groups is 1. The van der Waals surface area contributed by atoms with Crippen molar-refractivity contribution in [2.45, 2.75) is 57.7 Å². The molecule has 1 amide bonds. The molecule has 0 bridgehead atoms. The number of hydrogen-bond acceptors (Lipinski definition) is 4. The number of rotatable bonds is 8. The Balaban J connectivity index is 2.24. The van der Waals surface area contributed by atoms with E-state index in [1.165, 1.54) is 0 Å². The third-order valence-corrected chi connectivity index (χ3v) is 4.18. The predicted octanol–water partition coefficient (Wildman–Crippen LogP) is 0.798. The molecular weight excluding hydrogens is 244 g/mol. The lowest BCUT2D eigenvalue weighted by Crippen LogP contribution is -2.47. The lowest BCUT2D eigenvalue weighted by atomic mass is 9.95. The van der Waals surface area contributed by atoms with Crippen molar-refractivity contribution >= 4 is 5.91 Å².